The minimum Gasteiger partial charge on any atom is -0.497 e. The number of nitrogens with two attached hydrogens (primary N) is 1. The summed E-state index contributed by atoms with van der Waals surface area (Å²) in [5, 5.41) is 2.81. The highest BCUT2D eigenvalue weighted by atomic mass is 19.1. The second-order valence-corrected chi connectivity index (χ2v) is 7.82. The molecule has 2 aromatic carbocycles. The van der Waals surface area contributed by atoms with E-state index < -0.39 is 6.03 Å². The van der Waals surface area contributed by atoms with Gasteiger partial charge in [0.05, 0.1) is 31.3 Å². The maximum Gasteiger partial charge on any atom is 0.312 e. The van der Waals surface area contributed by atoms with E-state index in [4.69, 9.17) is 20.2 Å². The van der Waals surface area contributed by atoms with Gasteiger partial charge in [0.25, 0.3) is 0 Å². The largest absolute Gasteiger partial charge is 0.497 e. The number of benzene rings is 2. The third-order valence-corrected chi connectivity index (χ3v) is 5.71. The van der Waals surface area contributed by atoms with Crippen molar-refractivity contribution in [3.8, 4) is 11.6 Å². The van der Waals surface area contributed by atoms with Gasteiger partial charge in [-0.05, 0) is 42.7 Å². The van der Waals surface area contributed by atoms with Gasteiger partial charge in [0, 0.05) is 25.2 Å². The smallest absolute Gasteiger partial charge is 0.312 e. The molecule has 1 aliphatic heterocycles. The van der Waals surface area contributed by atoms with E-state index in [1.807, 2.05) is 24.3 Å². The molecule has 0 spiro atoms. The van der Waals surface area contributed by atoms with Crippen LogP contribution in [0.1, 0.15) is 30.1 Å². The summed E-state index contributed by atoms with van der Waals surface area (Å²) in [6.45, 7) is 1.18. The summed E-state index contributed by atoms with van der Waals surface area (Å²) in [6.07, 6.45) is 1.28. The molecule has 168 valence electrons. The number of nitrogens with one attached hydrogen (secondary N) is 1. The lowest BCUT2D eigenvalue weighted by Gasteiger charge is -2.39. The van der Waals surface area contributed by atoms with Gasteiger partial charge in [0.2, 0.25) is 5.88 Å². The minimum absolute atomic E-state index is 0.117. The van der Waals surface area contributed by atoms with Crippen molar-refractivity contribution >= 4 is 17.1 Å². The van der Waals surface area contributed by atoms with Crippen LogP contribution in [0.2, 0.25) is 0 Å². The van der Waals surface area contributed by atoms with Crippen LogP contribution >= 0.6 is 0 Å². The van der Waals surface area contributed by atoms with Crippen LogP contribution in [-0.2, 0) is 6.54 Å². The summed E-state index contributed by atoms with van der Waals surface area (Å²) in [5.41, 5.74) is 8.24. The fraction of sp³-hybridized carbons (Fsp3) is 0.348. The Kier molecular flexibility index (Phi) is 6.36. The number of nitrogens with zero attached hydrogens (tertiary/aromatic N) is 3. The van der Waals surface area contributed by atoms with Crippen LogP contribution in [0.3, 0.4) is 0 Å². The van der Waals surface area contributed by atoms with E-state index in [2.05, 4.69) is 15.2 Å². The summed E-state index contributed by atoms with van der Waals surface area (Å²) in [5.74, 6) is 0.813. The van der Waals surface area contributed by atoms with Crippen LogP contribution in [0, 0.1) is 5.82 Å². The number of carbonyl (C=O) groups excluding carboxylic acids is 1. The van der Waals surface area contributed by atoms with E-state index in [9.17, 15) is 9.18 Å². The molecule has 1 aliphatic rings. The number of amides is 2. The SMILES string of the molecule is COc1ccc2nc(OC)c(C3CC(NC(N)=O)CCN3Cc3cccc(F)c3)nc2c1. The Hall–Kier alpha value is -3.46. The number of likely N-dealkylation sites (tertiary alicyclic amines) is 1. The molecule has 3 aromatic rings. The maximum absolute atomic E-state index is 13.8. The van der Waals surface area contributed by atoms with Crippen molar-refractivity contribution in [2.75, 3.05) is 20.8 Å². The number of primary amides is 1. The number of aromatic nitrogens is 2. The molecule has 2 atom stereocenters. The molecule has 0 aliphatic carbocycles. The molecular weight excluding hydrogens is 413 g/mol. The molecule has 1 saturated heterocycles. The number of urea groups is 1. The first-order valence-electron chi connectivity index (χ1n) is 10.4. The number of fused-ring (bicyclic) bond motifs is 1. The number of ether oxygens (including phenoxy) is 2. The molecule has 1 fully saturated rings. The van der Waals surface area contributed by atoms with Crippen molar-refractivity contribution in [3.05, 3.63) is 59.5 Å². The Morgan fingerprint density at radius 3 is 2.75 bits per heavy atom. The maximum atomic E-state index is 13.8. The van der Waals surface area contributed by atoms with Crippen LogP contribution < -0.4 is 20.5 Å². The van der Waals surface area contributed by atoms with Gasteiger partial charge in [-0.2, -0.15) is 0 Å². The standard InChI is InChI=1S/C23H26FN5O3/c1-31-17-6-7-18-19(12-17)27-21(22(28-18)32-2)20-11-16(26-23(25)30)8-9-29(20)13-14-4-3-5-15(24)10-14/h3-7,10,12,16,20H,8-9,11,13H2,1-2H3,(H3,25,26,30). The highest BCUT2D eigenvalue weighted by Gasteiger charge is 2.34. The van der Waals surface area contributed by atoms with Gasteiger partial charge >= 0.3 is 6.03 Å². The van der Waals surface area contributed by atoms with Gasteiger partial charge in [-0.1, -0.05) is 12.1 Å². The number of piperidine rings is 1. The minimum atomic E-state index is -0.561. The van der Waals surface area contributed by atoms with Crippen molar-refractivity contribution < 1.29 is 18.7 Å². The van der Waals surface area contributed by atoms with Crippen LogP contribution in [-0.4, -0.2) is 47.7 Å². The number of methoxy groups -OCH3 is 2. The van der Waals surface area contributed by atoms with Crippen LogP contribution in [0.15, 0.2) is 42.5 Å². The molecule has 2 heterocycles. The highest BCUT2D eigenvalue weighted by Crippen LogP contribution is 2.36. The Labute approximate surface area is 185 Å². The van der Waals surface area contributed by atoms with E-state index in [0.717, 1.165) is 5.56 Å². The molecule has 4 rings (SSSR count). The molecule has 3 N–H and O–H groups in total. The van der Waals surface area contributed by atoms with E-state index in [1.165, 1.54) is 12.1 Å². The van der Waals surface area contributed by atoms with E-state index >= 15 is 0 Å². The lowest BCUT2D eigenvalue weighted by atomic mass is 9.94. The second-order valence-electron chi connectivity index (χ2n) is 7.82. The van der Waals surface area contributed by atoms with Crippen LogP contribution in [0.25, 0.3) is 11.0 Å². The molecule has 0 radical (unpaired) electrons. The van der Waals surface area contributed by atoms with E-state index in [-0.39, 0.29) is 17.9 Å². The number of carbonyl (C=O) groups is 1. The molecule has 2 unspecified atom stereocenters. The summed E-state index contributed by atoms with van der Waals surface area (Å²) in [6, 6.07) is 11.1. The number of hydrogen-bond donors (Lipinski definition) is 2. The third-order valence-electron chi connectivity index (χ3n) is 5.71. The summed E-state index contributed by atoms with van der Waals surface area (Å²) in [7, 11) is 3.16. The van der Waals surface area contributed by atoms with Gasteiger partial charge < -0.3 is 20.5 Å². The zero-order chi connectivity index (χ0) is 22.7. The summed E-state index contributed by atoms with van der Waals surface area (Å²) in [4.78, 5) is 23.2. The van der Waals surface area contributed by atoms with Crippen molar-refractivity contribution in [2.24, 2.45) is 5.73 Å². The second kappa shape index (κ2) is 9.35. The van der Waals surface area contributed by atoms with Gasteiger partial charge in [0.15, 0.2) is 0 Å². The lowest BCUT2D eigenvalue weighted by molar-refractivity contribution is 0.114. The summed E-state index contributed by atoms with van der Waals surface area (Å²) >= 11 is 0. The molecule has 8 nitrogen and oxygen atoms in total. The number of rotatable bonds is 6. The molecular formula is C23H26FN5O3. The van der Waals surface area contributed by atoms with Crippen LogP contribution in [0.4, 0.5) is 9.18 Å². The van der Waals surface area contributed by atoms with E-state index in [1.54, 1.807) is 20.3 Å². The Balaban J connectivity index is 1.74. The molecule has 1 aromatic heterocycles. The highest BCUT2D eigenvalue weighted by molar-refractivity contribution is 5.77. The summed E-state index contributed by atoms with van der Waals surface area (Å²) < 4.78 is 24.7. The zero-order valence-corrected chi connectivity index (χ0v) is 18.0. The molecule has 2 amide bonds. The average molecular weight is 439 g/mol. The van der Waals surface area contributed by atoms with Gasteiger partial charge in [-0.3, -0.25) is 4.90 Å². The Morgan fingerprint density at radius 2 is 2.03 bits per heavy atom. The quantitative estimate of drug-likeness (QED) is 0.612. The normalized spacial score (nSPS) is 19.0. The lowest BCUT2D eigenvalue weighted by Crippen LogP contribution is -2.47. The van der Waals surface area contributed by atoms with Crippen molar-refractivity contribution in [1.82, 2.24) is 20.2 Å². The Bertz CT molecular complexity index is 1130. The molecule has 0 saturated carbocycles. The van der Waals surface area contributed by atoms with Crippen molar-refractivity contribution in [3.63, 3.8) is 0 Å². The van der Waals surface area contributed by atoms with Gasteiger partial charge in [-0.25, -0.2) is 19.2 Å². The third kappa shape index (κ3) is 4.72. The predicted molar refractivity (Wildman–Crippen MR) is 118 cm³/mol. The fourth-order valence-corrected chi connectivity index (χ4v) is 4.22. The van der Waals surface area contributed by atoms with Crippen molar-refractivity contribution in [1.29, 1.82) is 0 Å². The Morgan fingerprint density at radius 1 is 1.19 bits per heavy atom. The molecule has 0 bridgehead atoms. The van der Waals surface area contributed by atoms with E-state index in [0.29, 0.717) is 54.3 Å². The first-order valence-corrected chi connectivity index (χ1v) is 10.4. The van der Waals surface area contributed by atoms with Crippen molar-refractivity contribution in [2.45, 2.75) is 31.5 Å². The van der Waals surface area contributed by atoms with Gasteiger partial charge in [-0.15, -0.1) is 0 Å². The number of hydrogen-bond acceptors (Lipinski definition) is 6. The van der Waals surface area contributed by atoms with Gasteiger partial charge in [0.1, 0.15) is 17.3 Å². The predicted octanol–water partition coefficient (Wildman–Crippen LogP) is 3.16. The number of halogens is 1. The fourth-order valence-electron chi connectivity index (χ4n) is 4.22. The molecule has 9 heteroatoms. The molecule has 32 heavy (non-hydrogen) atoms. The first-order chi connectivity index (χ1) is 15.5. The zero-order valence-electron chi connectivity index (χ0n) is 18.0. The van der Waals surface area contributed by atoms with Crippen LogP contribution in [0.5, 0.6) is 11.6 Å². The first kappa shape index (κ1) is 21.8. The monoisotopic (exact) mass is 439 g/mol. The topological polar surface area (TPSA) is 103 Å². The average Bonchev–Trinajstić information content (AvgIpc) is 2.78.